The molecule has 0 fully saturated rings. The van der Waals surface area contributed by atoms with Gasteiger partial charge in [0, 0.05) is 12.6 Å². The van der Waals surface area contributed by atoms with Crippen LogP contribution < -0.4 is 5.32 Å². The fourth-order valence-corrected chi connectivity index (χ4v) is 1.98. The second-order valence-corrected chi connectivity index (χ2v) is 4.71. The number of hydrogen-bond donors (Lipinski definition) is 1. The molecule has 5 nitrogen and oxygen atoms in total. The average Bonchev–Trinajstić information content (AvgIpc) is 2.87. The maximum Gasteiger partial charge on any atom is 0.273 e. The van der Waals surface area contributed by atoms with Crippen LogP contribution in [0.4, 0.5) is 0 Å². The highest BCUT2D eigenvalue weighted by molar-refractivity contribution is 14.1. The van der Waals surface area contributed by atoms with E-state index in [0.29, 0.717) is 12.2 Å². The van der Waals surface area contributed by atoms with Crippen molar-refractivity contribution in [3.63, 3.8) is 0 Å². The number of nitrogens with one attached hydrogen (secondary N) is 1. The number of nitrogens with zero attached hydrogens (tertiary/aromatic N) is 2. The number of aromatic nitrogens is 1. The summed E-state index contributed by atoms with van der Waals surface area (Å²) in [7, 11) is 0. The Morgan fingerprint density at radius 3 is 2.78 bits per heavy atom. The van der Waals surface area contributed by atoms with Gasteiger partial charge in [0.2, 0.25) is 0 Å². The predicted molar refractivity (Wildman–Crippen MR) is 79.0 cm³/mol. The zero-order chi connectivity index (χ0) is 13.4. The van der Waals surface area contributed by atoms with Crippen molar-refractivity contribution in [1.29, 1.82) is 0 Å². The predicted octanol–water partition coefficient (Wildman–Crippen LogP) is 2.07. The molecule has 0 saturated carbocycles. The van der Waals surface area contributed by atoms with Crippen molar-refractivity contribution in [3.8, 4) is 0 Å². The third-order valence-corrected chi connectivity index (χ3v) is 3.51. The lowest BCUT2D eigenvalue weighted by Gasteiger charge is -2.17. The fourth-order valence-electron chi connectivity index (χ4n) is 1.62. The molecule has 18 heavy (non-hydrogen) atoms. The normalized spacial score (nSPS) is 10.9. The average molecular weight is 365 g/mol. The first kappa shape index (κ1) is 15.4. The number of carbonyl (C=O) groups excluding carboxylic acids is 1. The van der Waals surface area contributed by atoms with Gasteiger partial charge in [-0.15, -0.1) is 0 Å². The molecule has 0 unspecified atom stereocenters. The summed E-state index contributed by atoms with van der Waals surface area (Å²) in [6.07, 6.45) is 0.949. The van der Waals surface area contributed by atoms with Gasteiger partial charge in [-0.2, -0.15) is 0 Å². The first-order valence-corrected chi connectivity index (χ1v) is 7.75. The molecule has 1 heterocycles. The van der Waals surface area contributed by atoms with E-state index < -0.39 is 0 Å². The molecule has 0 aromatic carbocycles. The minimum Gasteiger partial charge on any atom is -0.360 e. The SMILES string of the molecule is CCN(CC)CCCNC(=O)c1cc(CI)on1. The monoisotopic (exact) mass is 365 g/mol. The first-order valence-electron chi connectivity index (χ1n) is 6.23. The summed E-state index contributed by atoms with van der Waals surface area (Å²) in [5.41, 5.74) is 0.365. The third kappa shape index (κ3) is 4.93. The van der Waals surface area contributed by atoms with Crippen molar-refractivity contribution in [2.75, 3.05) is 26.2 Å². The molecule has 1 aromatic heterocycles. The highest BCUT2D eigenvalue weighted by Crippen LogP contribution is 2.07. The summed E-state index contributed by atoms with van der Waals surface area (Å²) in [5.74, 6) is 0.568. The van der Waals surface area contributed by atoms with E-state index in [1.807, 2.05) is 0 Å². The van der Waals surface area contributed by atoms with Crippen LogP contribution in [-0.4, -0.2) is 42.1 Å². The molecule has 0 aliphatic heterocycles. The van der Waals surface area contributed by atoms with E-state index in [1.165, 1.54) is 0 Å². The van der Waals surface area contributed by atoms with Crippen molar-refractivity contribution < 1.29 is 9.32 Å². The Kier molecular flexibility index (Phi) is 7.26. The number of carbonyl (C=O) groups is 1. The molecule has 0 bridgehead atoms. The summed E-state index contributed by atoms with van der Waals surface area (Å²) < 4.78 is 5.71. The van der Waals surface area contributed by atoms with Gasteiger partial charge in [-0.1, -0.05) is 41.6 Å². The third-order valence-electron chi connectivity index (χ3n) is 2.75. The van der Waals surface area contributed by atoms with E-state index in [0.717, 1.165) is 36.2 Å². The Labute approximate surface area is 121 Å². The van der Waals surface area contributed by atoms with E-state index in [2.05, 4.69) is 51.8 Å². The van der Waals surface area contributed by atoms with Gasteiger partial charge >= 0.3 is 0 Å². The zero-order valence-corrected chi connectivity index (χ0v) is 13.1. The Bertz CT molecular complexity index is 364. The van der Waals surface area contributed by atoms with E-state index in [9.17, 15) is 4.79 Å². The highest BCUT2D eigenvalue weighted by atomic mass is 127. The standard InChI is InChI=1S/C12H20IN3O2/c1-3-16(4-2)7-5-6-14-12(17)11-8-10(9-13)18-15-11/h8H,3-7,9H2,1-2H3,(H,14,17). The van der Waals surface area contributed by atoms with Crippen LogP contribution in [0, 0.1) is 0 Å². The maximum atomic E-state index is 11.7. The quantitative estimate of drug-likeness (QED) is 0.435. The molecule has 6 heteroatoms. The Morgan fingerprint density at radius 1 is 1.50 bits per heavy atom. The van der Waals surface area contributed by atoms with Crippen molar-refractivity contribution in [2.24, 2.45) is 0 Å². The molecule has 102 valence electrons. The molecule has 1 rings (SSSR count). The van der Waals surface area contributed by atoms with Gasteiger partial charge < -0.3 is 14.7 Å². The number of hydrogen-bond acceptors (Lipinski definition) is 4. The van der Waals surface area contributed by atoms with Gasteiger partial charge in [0.25, 0.3) is 5.91 Å². The van der Waals surface area contributed by atoms with Crippen molar-refractivity contribution in [3.05, 3.63) is 17.5 Å². The lowest BCUT2D eigenvalue weighted by Crippen LogP contribution is -2.30. The van der Waals surface area contributed by atoms with E-state index in [-0.39, 0.29) is 5.91 Å². The van der Waals surface area contributed by atoms with Crippen LogP contribution in [0.25, 0.3) is 0 Å². The number of halogens is 1. The van der Waals surface area contributed by atoms with Gasteiger partial charge in [0.05, 0.1) is 4.43 Å². The molecular weight excluding hydrogens is 345 g/mol. The topological polar surface area (TPSA) is 58.4 Å². The van der Waals surface area contributed by atoms with Gasteiger partial charge in [-0.3, -0.25) is 4.79 Å². The summed E-state index contributed by atoms with van der Waals surface area (Å²) >= 11 is 2.17. The molecule has 1 amide bonds. The largest absolute Gasteiger partial charge is 0.360 e. The van der Waals surface area contributed by atoms with Crippen molar-refractivity contribution >= 4 is 28.5 Å². The molecular formula is C12H20IN3O2. The van der Waals surface area contributed by atoms with E-state index >= 15 is 0 Å². The minimum absolute atomic E-state index is 0.158. The van der Waals surface area contributed by atoms with Crippen molar-refractivity contribution in [2.45, 2.75) is 24.7 Å². The van der Waals surface area contributed by atoms with Crippen LogP contribution in [0.15, 0.2) is 10.6 Å². The number of amides is 1. The molecule has 1 aromatic rings. The Morgan fingerprint density at radius 2 is 2.22 bits per heavy atom. The van der Waals surface area contributed by atoms with Gasteiger partial charge in [0.1, 0.15) is 5.76 Å². The highest BCUT2D eigenvalue weighted by Gasteiger charge is 2.11. The smallest absolute Gasteiger partial charge is 0.273 e. The number of alkyl halides is 1. The Hall–Kier alpha value is -0.630. The fraction of sp³-hybridized carbons (Fsp3) is 0.667. The lowest BCUT2D eigenvalue weighted by molar-refractivity contribution is 0.0942. The van der Waals surface area contributed by atoms with E-state index in [4.69, 9.17) is 4.52 Å². The molecule has 1 N–H and O–H groups in total. The summed E-state index contributed by atoms with van der Waals surface area (Å²) in [5, 5.41) is 6.58. The van der Waals surface area contributed by atoms with Gasteiger partial charge in [-0.25, -0.2) is 0 Å². The second kappa shape index (κ2) is 8.47. The minimum atomic E-state index is -0.158. The molecule has 0 aliphatic carbocycles. The molecule has 0 radical (unpaired) electrons. The molecule has 0 aliphatic rings. The lowest BCUT2D eigenvalue weighted by atomic mass is 10.3. The van der Waals surface area contributed by atoms with Crippen LogP contribution in [-0.2, 0) is 4.43 Å². The first-order chi connectivity index (χ1) is 8.71. The summed E-state index contributed by atoms with van der Waals surface area (Å²) in [6.45, 7) is 8.05. The van der Waals surface area contributed by atoms with Crippen LogP contribution in [0.1, 0.15) is 36.5 Å². The zero-order valence-electron chi connectivity index (χ0n) is 10.9. The summed E-state index contributed by atoms with van der Waals surface area (Å²) in [6, 6.07) is 1.69. The van der Waals surface area contributed by atoms with Crippen LogP contribution in [0.5, 0.6) is 0 Å². The van der Waals surface area contributed by atoms with Crippen LogP contribution >= 0.6 is 22.6 Å². The molecule has 0 spiro atoms. The van der Waals surface area contributed by atoms with Gasteiger partial charge in [-0.05, 0) is 26.1 Å². The van der Waals surface area contributed by atoms with Crippen molar-refractivity contribution in [1.82, 2.24) is 15.4 Å². The van der Waals surface area contributed by atoms with Crippen LogP contribution in [0.3, 0.4) is 0 Å². The molecule has 0 saturated heterocycles. The van der Waals surface area contributed by atoms with Gasteiger partial charge in [0.15, 0.2) is 5.69 Å². The second-order valence-electron chi connectivity index (χ2n) is 3.95. The molecule has 0 atom stereocenters. The number of rotatable bonds is 8. The summed E-state index contributed by atoms with van der Waals surface area (Å²) in [4.78, 5) is 14.0. The Balaban J connectivity index is 2.25. The maximum absolute atomic E-state index is 11.7. The van der Waals surface area contributed by atoms with E-state index in [1.54, 1.807) is 6.07 Å². The van der Waals surface area contributed by atoms with Crippen LogP contribution in [0.2, 0.25) is 0 Å².